The highest BCUT2D eigenvalue weighted by molar-refractivity contribution is 7.81. The van der Waals surface area contributed by atoms with E-state index in [1.165, 1.54) is 17.7 Å². The lowest BCUT2D eigenvalue weighted by atomic mass is 9.88. The van der Waals surface area contributed by atoms with Gasteiger partial charge in [0.2, 0.25) is 0 Å². The van der Waals surface area contributed by atoms with Gasteiger partial charge in [-0.15, -0.1) is 0 Å². The molecule has 2 unspecified atom stereocenters. The van der Waals surface area contributed by atoms with E-state index in [1.54, 1.807) is 29.3 Å². The van der Waals surface area contributed by atoms with Gasteiger partial charge in [-0.1, -0.05) is 25.5 Å². The summed E-state index contributed by atoms with van der Waals surface area (Å²) in [5.74, 6) is -0.0155. The number of fused-ring (bicyclic) bond motifs is 1. The summed E-state index contributed by atoms with van der Waals surface area (Å²) < 4.78 is 29.0. The van der Waals surface area contributed by atoms with Crippen molar-refractivity contribution < 1.29 is 13.4 Å². The summed E-state index contributed by atoms with van der Waals surface area (Å²) in [6, 6.07) is 6.29. The summed E-state index contributed by atoms with van der Waals surface area (Å²) in [5.41, 5.74) is 4.22. The predicted molar refractivity (Wildman–Crippen MR) is 135 cm³/mol. The second kappa shape index (κ2) is 10.8. The van der Waals surface area contributed by atoms with Gasteiger partial charge < -0.3 is 5.32 Å². The summed E-state index contributed by atoms with van der Waals surface area (Å²) in [6.07, 6.45) is 11.8. The zero-order valence-electron chi connectivity index (χ0n) is 20.1. The fraction of sp³-hybridized carbons (Fsp3) is 0.462. The molecule has 0 radical (unpaired) electrons. The summed E-state index contributed by atoms with van der Waals surface area (Å²) in [4.78, 5) is 13.5. The summed E-state index contributed by atoms with van der Waals surface area (Å²) in [7, 11) is -0.942. The van der Waals surface area contributed by atoms with E-state index >= 15 is 0 Å². The molecule has 2 aromatic rings. The number of nitrogens with zero attached hydrogens (tertiary/aromatic N) is 3. The normalized spacial score (nSPS) is 18.9. The second-order valence-electron chi connectivity index (χ2n) is 8.99. The minimum atomic E-state index is -0.942. The zero-order valence-corrected chi connectivity index (χ0v) is 20.9. The van der Waals surface area contributed by atoms with Crippen molar-refractivity contribution in [1.82, 2.24) is 19.4 Å². The Morgan fingerprint density at radius 3 is 2.56 bits per heavy atom. The zero-order chi connectivity index (χ0) is 24.2. The quantitative estimate of drug-likeness (QED) is 0.630. The number of piperidine rings is 1. The molecule has 6 nitrogen and oxygen atoms in total. The van der Waals surface area contributed by atoms with Crippen molar-refractivity contribution >= 4 is 28.5 Å². The fourth-order valence-electron chi connectivity index (χ4n) is 4.88. The molecule has 0 spiro atoms. The number of aromatic nitrogens is 2. The maximum atomic E-state index is 13.5. The number of allylic oxidation sites excluding steroid dienone is 2. The third kappa shape index (κ3) is 5.23. The van der Waals surface area contributed by atoms with E-state index in [4.69, 9.17) is 0 Å². The van der Waals surface area contributed by atoms with Crippen LogP contribution in [0.1, 0.15) is 57.2 Å². The highest BCUT2D eigenvalue weighted by Crippen LogP contribution is 2.31. The Hall–Kier alpha value is -2.58. The van der Waals surface area contributed by atoms with Gasteiger partial charge in [0.25, 0.3) is 5.91 Å². The fourth-order valence-corrected chi connectivity index (χ4v) is 5.61. The van der Waals surface area contributed by atoms with E-state index in [9.17, 15) is 13.4 Å². The molecular weight excluding hydrogens is 451 g/mol. The molecular formula is C26H33FN4O2S. The minimum absolute atomic E-state index is 0.0679. The van der Waals surface area contributed by atoms with Gasteiger partial charge in [0.15, 0.2) is 0 Å². The third-order valence-corrected chi connectivity index (χ3v) is 8.06. The van der Waals surface area contributed by atoms with Gasteiger partial charge >= 0.3 is 0 Å². The van der Waals surface area contributed by atoms with Crippen LogP contribution < -0.4 is 5.32 Å². The first-order valence-corrected chi connectivity index (χ1v) is 13.6. The van der Waals surface area contributed by atoms with Crippen LogP contribution in [0.5, 0.6) is 0 Å². The van der Waals surface area contributed by atoms with Crippen molar-refractivity contribution in [2.24, 2.45) is 5.92 Å². The predicted octanol–water partition coefficient (Wildman–Crippen LogP) is 4.49. The van der Waals surface area contributed by atoms with E-state index in [2.05, 4.69) is 30.3 Å². The van der Waals surface area contributed by atoms with E-state index in [0.717, 1.165) is 55.7 Å². The average Bonchev–Trinajstić information content (AvgIpc) is 3.15. The molecule has 2 heterocycles. The molecule has 0 saturated carbocycles. The number of carbonyl (C=O) groups is 1. The Balaban J connectivity index is 1.58. The van der Waals surface area contributed by atoms with Crippen molar-refractivity contribution in [2.45, 2.75) is 52.0 Å². The summed E-state index contributed by atoms with van der Waals surface area (Å²) in [5, 5.41) is 7.85. The number of hydrogen-bond donors (Lipinski definition) is 1. The number of halogens is 1. The molecule has 1 aliphatic heterocycles. The molecule has 1 amide bonds. The molecule has 1 aliphatic carbocycles. The number of rotatable bonds is 7. The lowest BCUT2D eigenvalue weighted by Crippen LogP contribution is -2.45. The van der Waals surface area contributed by atoms with Crippen molar-refractivity contribution in [2.75, 3.05) is 19.3 Å². The molecule has 1 fully saturated rings. The Bertz CT molecular complexity index is 1110. The van der Waals surface area contributed by atoms with Gasteiger partial charge in [-0.25, -0.2) is 17.6 Å². The van der Waals surface area contributed by atoms with Crippen molar-refractivity contribution in [1.29, 1.82) is 0 Å². The SMILES string of the molecule is CCC1=Cc2c(cnn2-c2ccc(F)cc2)C(C(=O)NC(CC)C2CCN(S(C)=O)CC2)=CC1. The third-order valence-electron chi connectivity index (χ3n) is 6.96. The Kier molecular flexibility index (Phi) is 7.78. The van der Waals surface area contributed by atoms with E-state index in [1.807, 2.05) is 10.4 Å². The van der Waals surface area contributed by atoms with Crippen molar-refractivity contribution in [3.63, 3.8) is 0 Å². The number of amides is 1. The van der Waals surface area contributed by atoms with Gasteiger partial charge in [0.1, 0.15) is 5.82 Å². The topological polar surface area (TPSA) is 67.2 Å². The average molecular weight is 485 g/mol. The van der Waals surface area contributed by atoms with Crippen LogP contribution in [0.3, 0.4) is 0 Å². The molecule has 1 N–H and O–H groups in total. The van der Waals surface area contributed by atoms with Crippen LogP contribution in [-0.4, -0.2) is 49.6 Å². The maximum absolute atomic E-state index is 13.5. The van der Waals surface area contributed by atoms with Crippen LogP contribution in [0, 0.1) is 11.7 Å². The Labute approximate surface area is 203 Å². The van der Waals surface area contributed by atoms with Gasteiger partial charge in [-0.2, -0.15) is 5.10 Å². The molecule has 2 aliphatic rings. The monoisotopic (exact) mass is 484 g/mol. The molecule has 34 heavy (non-hydrogen) atoms. The number of carbonyl (C=O) groups excluding carboxylic acids is 1. The number of nitrogens with one attached hydrogen (secondary N) is 1. The molecule has 4 rings (SSSR count). The first-order chi connectivity index (χ1) is 16.4. The maximum Gasteiger partial charge on any atom is 0.251 e. The van der Waals surface area contributed by atoms with Crippen LogP contribution in [0.25, 0.3) is 17.3 Å². The molecule has 1 saturated heterocycles. The van der Waals surface area contributed by atoms with Crippen molar-refractivity contribution in [3.05, 3.63) is 59.2 Å². The highest BCUT2D eigenvalue weighted by Gasteiger charge is 2.30. The van der Waals surface area contributed by atoms with E-state index in [0.29, 0.717) is 17.9 Å². The number of benzene rings is 1. The Morgan fingerprint density at radius 1 is 1.24 bits per heavy atom. The van der Waals surface area contributed by atoms with E-state index < -0.39 is 11.0 Å². The van der Waals surface area contributed by atoms with Crippen molar-refractivity contribution in [3.8, 4) is 5.69 Å². The summed E-state index contributed by atoms with van der Waals surface area (Å²) >= 11 is 0. The standard InChI is InChI=1S/C26H33FN4O2S/c1-4-18-6-11-22(23-17-28-31(25(23)16-18)21-9-7-20(27)8-10-21)26(32)29-24(5-2)19-12-14-30(15-13-19)34(3)33/h7-11,16-17,19,24H,4-6,12-15H2,1-3H3,(H,29,32). The van der Waals surface area contributed by atoms with E-state index in [-0.39, 0.29) is 17.8 Å². The molecule has 8 heteroatoms. The first-order valence-electron chi connectivity index (χ1n) is 12.0. The van der Waals surface area contributed by atoms with Gasteiger partial charge in [0.05, 0.1) is 28.6 Å². The van der Waals surface area contributed by atoms with Gasteiger partial charge in [0, 0.05) is 36.5 Å². The Morgan fingerprint density at radius 2 is 1.94 bits per heavy atom. The van der Waals surface area contributed by atoms with Crippen LogP contribution >= 0.6 is 0 Å². The smallest absolute Gasteiger partial charge is 0.251 e. The molecule has 2 atom stereocenters. The highest BCUT2D eigenvalue weighted by atomic mass is 32.2. The molecule has 182 valence electrons. The largest absolute Gasteiger partial charge is 0.349 e. The minimum Gasteiger partial charge on any atom is -0.349 e. The van der Waals surface area contributed by atoms with Gasteiger partial charge in [-0.05, 0) is 68.4 Å². The second-order valence-corrected chi connectivity index (χ2v) is 10.4. The first kappa shape index (κ1) is 24.5. The van der Waals surface area contributed by atoms with Crippen LogP contribution in [0.15, 0.2) is 42.1 Å². The lowest BCUT2D eigenvalue weighted by molar-refractivity contribution is -0.116. The van der Waals surface area contributed by atoms with Crippen LogP contribution in [0.4, 0.5) is 4.39 Å². The van der Waals surface area contributed by atoms with Crippen LogP contribution in [0.2, 0.25) is 0 Å². The summed E-state index contributed by atoms with van der Waals surface area (Å²) in [6.45, 7) is 5.79. The molecule has 0 bridgehead atoms. The van der Waals surface area contributed by atoms with Crippen LogP contribution in [-0.2, 0) is 15.8 Å². The number of hydrogen-bond acceptors (Lipinski definition) is 3. The molecule has 1 aromatic heterocycles. The molecule has 1 aromatic carbocycles. The lowest BCUT2D eigenvalue weighted by Gasteiger charge is -2.35. The van der Waals surface area contributed by atoms with Gasteiger partial charge in [-0.3, -0.25) is 4.79 Å².